The molecule has 0 saturated heterocycles. The SMILES string of the molecule is Nc1ccc2c(c1)Oc1cc3c(N)cccc3cc1N2. The Morgan fingerprint density at radius 1 is 0.850 bits per heavy atom. The van der Waals surface area contributed by atoms with E-state index in [9.17, 15) is 0 Å². The molecule has 4 nitrogen and oxygen atoms in total. The van der Waals surface area contributed by atoms with Crippen LogP contribution in [0.4, 0.5) is 22.7 Å². The molecule has 4 rings (SSSR count). The zero-order valence-corrected chi connectivity index (χ0v) is 10.7. The molecule has 98 valence electrons. The van der Waals surface area contributed by atoms with Crippen LogP contribution in [0.25, 0.3) is 10.8 Å². The first-order valence-corrected chi connectivity index (χ1v) is 6.37. The lowest BCUT2D eigenvalue weighted by Gasteiger charge is -2.22. The van der Waals surface area contributed by atoms with E-state index >= 15 is 0 Å². The van der Waals surface area contributed by atoms with Gasteiger partial charge < -0.3 is 21.5 Å². The molecular formula is C16H13N3O. The van der Waals surface area contributed by atoms with Gasteiger partial charge in [-0.1, -0.05) is 12.1 Å². The Hall–Kier alpha value is -2.88. The Morgan fingerprint density at radius 3 is 2.60 bits per heavy atom. The lowest BCUT2D eigenvalue weighted by Crippen LogP contribution is -2.03. The van der Waals surface area contributed by atoms with Gasteiger partial charge in [0.15, 0.2) is 11.5 Å². The number of fused-ring (bicyclic) bond motifs is 3. The molecule has 3 aromatic rings. The van der Waals surface area contributed by atoms with Gasteiger partial charge in [-0.05, 0) is 35.7 Å². The molecule has 3 aromatic carbocycles. The number of nitrogen functional groups attached to an aromatic ring is 2. The summed E-state index contributed by atoms with van der Waals surface area (Å²) in [6.07, 6.45) is 0. The van der Waals surface area contributed by atoms with Crippen molar-refractivity contribution in [3.8, 4) is 11.5 Å². The molecule has 1 heterocycles. The fourth-order valence-corrected chi connectivity index (χ4v) is 2.50. The molecular weight excluding hydrogens is 250 g/mol. The maximum absolute atomic E-state index is 6.01. The minimum atomic E-state index is 0.675. The summed E-state index contributed by atoms with van der Waals surface area (Å²) < 4.78 is 5.92. The van der Waals surface area contributed by atoms with Crippen molar-refractivity contribution in [3.05, 3.63) is 48.5 Å². The van der Waals surface area contributed by atoms with Gasteiger partial charge in [0, 0.05) is 22.8 Å². The van der Waals surface area contributed by atoms with E-state index in [1.54, 1.807) is 0 Å². The van der Waals surface area contributed by atoms with E-state index in [-0.39, 0.29) is 0 Å². The number of anilines is 4. The molecule has 0 aliphatic carbocycles. The summed E-state index contributed by atoms with van der Waals surface area (Å²) in [6, 6.07) is 15.4. The third-order valence-electron chi connectivity index (χ3n) is 3.51. The second kappa shape index (κ2) is 3.81. The van der Waals surface area contributed by atoms with Crippen molar-refractivity contribution < 1.29 is 4.74 Å². The molecule has 4 heteroatoms. The molecule has 0 fully saturated rings. The van der Waals surface area contributed by atoms with E-state index in [4.69, 9.17) is 16.2 Å². The number of nitrogens with two attached hydrogens (primary N) is 2. The van der Waals surface area contributed by atoms with Crippen LogP contribution in [0.2, 0.25) is 0 Å². The molecule has 5 N–H and O–H groups in total. The summed E-state index contributed by atoms with van der Waals surface area (Å²) in [6.45, 7) is 0. The van der Waals surface area contributed by atoms with E-state index in [1.807, 2.05) is 48.5 Å². The predicted molar refractivity (Wildman–Crippen MR) is 82.6 cm³/mol. The van der Waals surface area contributed by atoms with Crippen molar-refractivity contribution in [1.29, 1.82) is 0 Å². The first-order valence-electron chi connectivity index (χ1n) is 6.37. The van der Waals surface area contributed by atoms with E-state index in [2.05, 4.69) is 5.32 Å². The highest BCUT2D eigenvalue weighted by molar-refractivity contribution is 5.98. The summed E-state index contributed by atoms with van der Waals surface area (Å²) >= 11 is 0. The van der Waals surface area contributed by atoms with Gasteiger partial charge in [0.2, 0.25) is 0 Å². The molecule has 1 aliphatic heterocycles. The summed E-state index contributed by atoms with van der Waals surface area (Å²) in [7, 11) is 0. The van der Waals surface area contributed by atoms with Crippen LogP contribution in [0.3, 0.4) is 0 Å². The number of benzene rings is 3. The van der Waals surface area contributed by atoms with Crippen molar-refractivity contribution in [1.82, 2.24) is 0 Å². The third-order valence-corrected chi connectivity index (χ3v) is 3.51. The Labute approximate surface area is 116 Å². The smallest absolute Gasteiger partial charge is 0.153 e. The lowest BCUT2D eigenvalue weighted by molar-refractivity contribution is 0.482. The van der Waals surface area contributed by atoms with Gasteiger partial charge in [-0.15, -0.1) is 0 Å². The summed E-state index contributed by atoms with van der Waals surface area (Å²) in [5.41, 5.74) is 15.1. The molecule has 0 radical (unpaired) electrons. The minimum Gasteiger partial charge on any atom is -0.453 e. The molecule has 0 spiro atoms. The fourth-order valence-electron chi connectivity index (χ4n) is 2.50. The van der Waals surface area contributed by atoms with Crippen LogP contribution in [0.1, 0.15) is 0 Å². The first-order chi connectivity index (χ1) is 9.70. The standard InChI is InChI=1S/C16H13N3O/c17-10-4-5-13-15(7-10)20-16-8-11-9(6-14(16)19-13)2-1-3-12(11)18/h1-8,19H,17-18H2. The summed E-state index contributed by atoms with van der Waals surface area (Å²) in [5.74, 6) is 1.49. The van der Waals surface area contributed by atoms with Crippen LogP contribution in [-0.4, -0.2) is 0 Å². The molecule has 0 bridgehead atoms. The lowest BCUT2D eigenvalue weighted by atomic mass is 10.1. The highest BCUT2D eigenvalue weighted by atomic mass is 16.5. The van der Waals surface area contributed by atoms with Crippen LogP contribution in [0, 0.1) is 0 Å². The Kier molecular flexibility index (Phi) is 2.09. The van der Waals surface area contributed by atoms with Crippen LogP contribution in [0.5, 0.6) is 11.5 Å². The second-order valence-corrected chi connectivity index (χ2v) is 4.90. The fraction of sp³-hybridized carbons (Fsp3) is 0. The monoisotopic (exact) mass is 263 g/mol. The molecule has 0 amide bonds. The molecule has 0 aromatic heterocycles. The zero-order valence-electron chi connectivity index (χ0n) is 10.7. The highest BCUT2D eigenvalue weighted by Crippen LogP contribution is 2.44. The third kappa shape index (κ3) is 1.55. The van der Waals surface area contributed by atoms with Crippen molar-refractivity contribution in [2.45, 2.75) is 0 Å². The largest absolute Gasteiger partial charge is 0.453 e. The number of hydrogen-bond donors (Lipinski definition) is 3. The molecule has 20 heavy (non-hydrogen) atoms. The van der Waals surface area contributed by atoms with Gasteiger partial charge in [0.25, 0.3) is 0 Å². The van der Waals surface area contributed by atoms with E-state index in [0.717, 1.165) is 39.3 Å². The molecule has 1 aliphatic rings. The molecule has 0 saturated carbocycles. The Bertz CT molecular complexity index is 842. The maximum atomic E-state index is 6.01. The van der Waals surface area contributed by atoms with Gasteiger partial charge in [0.1, 0.15) is 0 Å². The van der Waals surface area contributed by atoms with Gasteiger partial charge in [0.05, 0.1) is 11.4 Å². The van der Waals surface area contributed by atoms with Gasteiger partial charge in [-0.3, -0.25) is 0 Å². The number of hydrogen-bond acceptors (Lipinski definition) is 4. The first kappa shape index (κ1) is 11.0. The summed E-state index contributed by atoms with van der Waals surface area (Å²) in [4.78, 5) is 0. The van der Waals surface area contributed by atoms with Crippen LogP contribution in [0.15, 0.2) is 48.5 Å². The van der Waals surface area contributed by atoms with Crippen LogP contribution >= 0.6 is 0 Å². The number of nitrogens with one attached hydrogen (secondary N) is 1. The normalized spacial score (nSPS) is 12.2. The zero-order chi connectivity index (χ0) is 13.7. The van der Waals surface area contributed by atoms with Crippen molar-refractivity contribution >= 4 is 33.5 Å². The van der Waals surface area contributed by atoms with Crippen LogP contribution in [-0.2, 0) is 0 Å². The van der Waals surface area contributed by atoms with Crippen LogP contribution < -0.4 is 21.5 Å². The van der Waals surface area contributed by atoms with E-state index in [0.29, 0.717) is 5.69 Å². The quantitative estimate of drug-likeness (QED) is 0.421. The maximum Gasteiger partial charge on any atom is 0.153 e. The van der Waals surface area contributed by atoms with E-state index in [1.165, 1.54) is 0 Å². The van der Waals surface area contributed by atoms with E-state index < -0.39 is 0 Å². The highest BCUT2D eigenvalue weighted by Gasteiger charge is 2.17. The van der Waals surface area contributed by atoms with Crippen molar-refractivity contribution in [2.75, 3.05) is 16.8 Å². The Morgan fingerprint density at radius 2 is 1.70 bits per heavy atom. The minimum absolute atomic E-state index is 0.675. The van der Waals surface area contributed by atoms with Gasteiger partial charge in [-0.2, -0.15) is 0 Å². The second-order valence-electron chi connectivity index (χ2n) is 4.90. The van der Waals surface area contributed by atoms with Crippen molar-refractivity contribution in [3.63, 3.8) is 0 Å². The Balaban J connectivity index is 1.91. The average molecular weight is 263 g/mol. The molecule has 0 unspecified atom stereocenters. The topological polar surface area (TPSA) is 73.3 Å². The van der Waals surface area contributed by atoms with Gasteiger partial charge >= 0.3 is 0 Å². The molecule has 0 atom stereocenters. The van der Waals surface area contributed by atoms with Gasteiger partial charge in [-0.25, -0.2) is 0 Å². The number of ether oxygens (including phenoxy) is 1. The average Bonchev–Trinajstić information content (AvgIpc) is 2.44. The summed E-state index contributed by atoms with van der Waals surface area (Å²) in [5, 5.41) is 5.43. The van der Waals surface area contributed by atoms with Crippen molar-refractivity contribution in [2.24, 2.45) is 0 Å². The number of rotatable bonds is 0. The predicted octanol–water partition coefficient (Wildman–Crippen LogP) is 3.85.